The number of hydrogen-bond donors (Lipinski definition) is 1. The van der Waals surface area contributed by atoms with E-state index in [0.717, 1.165) is 35.2 Å². The SMILES string of the molecule is C=C(C)n1c(=C(C#N)C#N)s/c(=C(/C=C2/SCCN2CC)c2ccccc2C(=O)O)c1=O. The molecular weight excluding hydrogens is 444 g/mol. The van der Waals surface area contributed by atoms with E-state index in [1.54, 1.807) is 36.9 Å². The minimum atomic E-state index is -1.11. The van der Waals surface area contributed by atoms with Crippen molar-refractivity contribution in [3.63, 3.8) is 0 Å². The molecule has 0 bridgehead atoms. The second-order valence-electron chi connectivity index (χ2n) is 6.89. The summed E-state index contributed by atoms with van der Waals surface area (Å²) >= 11 is 2.63. The molecule has 0 amide bonds. The number of carbonyl (C=O) groups is 1. The number of aromatic nitrogens is 1. The molecule has 0 atom stereocenters. The van der Waals surface area contributed by atoms with Gasteiger partial charge in [-0.05, 0) is 31.6 Å². The molecule has 1 aliphatic rings. The van der Waals surface area contributed by atoms with Crippen molar-refractivity contribution in [2.24, 2.45) is 0 Å². The quantitative estimate of drug-likeness (QED) is 0.723. The lowest BCUT2D eigenvalue weighted by atomic mass is 9.99. The maximum Gasteiger partial charge on any atom is 0.336 e. The first-order chi connectivity index (χ1) is 15.3. The van der Waals surface area contributed by atoms with Crippen molar-refractivity contribution in [3.05, 3.63) is 72.6 Å². The van der Waals surface area contributed by atoms with Crippen LogP contribution in [-0.4, -0.2) is 39.4 Å². The normalized spacial score (nSPS) is 15.2. The van der Waals surface area contributed by atoms with Crippen LogP contribution in [0.5, 0.6) is 0 Å². The molecule has 3 rings (SSSR count). The molecule has 7 nitrogen and oxygen atoms in total. The number of allylic oxidation sites excluding steroid dienone is 2. The van der Waals surface area contributed by atoms with Crippen LogP contribution >= 0.6 is 23.1 Å². The first-order valence-electron chi connectivity index (χ1n) is 9.72. The molecule has 1 N–H and O–H groups in total. The topological polar surface area (TPSA) is 110 Å². The van der Waals surface area contributed by atoms with Crippen molar-refractivity contribution < 1.29 is 9.90 Å². The monoisotopic (exact) mass is 464 g/mol. The van der Waals surface area contributed by atoms with Gasteiger partial charge in [-0.15, -0.1) is 23.1 Å². The Morgan fingerprint density at radius 3 is 2.50 bits per heavy atom. The van der Waals surface area contributed by atoms with Gasteiger partial charge in [0, 0.05) is 30.1 Å². The average Bonchev–Trinajstić information content (AvgIpc) is 3.36. The number of benzene rings is 1. The minimum Gasteiger partial charge on any atom is -0.478 e. The van der Waals surface area contributed by atoms with Crippen LogP contribution in [0, 0.1) is 22.7 Å². The molecule has 32 heavy (non-hydrogen) atoms. The van der Waals surface area contributed by atoms with Crippen LogP contribution in [0.15, 0.2) is 46.7 Å². The zero-order valence-corrected chi connectivity index (χ0v) is 19.2. The Morgan fingerprint density at radius 2 is 1.94 bits per heavy atom. The lowest BCUT2D eigenvalue weighted by molar-refractivity contribution is 0.0696. The molecule has 1 saturated heterocycles. The highest BCUT2D eigenvalue weighted by Gasteiger charge is 2.21. The van der Waals surface area contributed by atoms with Crippen molar-refractivity contribution in [3.8, 4) is 12.1 Å². The number of carboxylic acids is 1. The van der Waals surface area contributed by atoms with Gasteiger partial charge < -0.3 is 10.0 Å². The van der Waals surface area contributed by atoms with Gasteiger partial charge in [-0.25, -0.2) is 4.79 Å². The molecule has 1 aromatic heterocycles. The summed E-state index contributed by atoms with van der Waals surface area (Å²) in [6, 6.07) is 10.2. The zero-order chi connectivity index (χ0) is 23.4. The van der Waals surface area contributed by atoms with Gasteiger partial charge in [0.15, 0.2) is 5.57 Å². The highest BCUT2D eigenvalue weighted by Crippen LogP contribution is 2.31. The number of nitrogens with zero attached hydrogens (tertiary/aromatic N) is 4. The van der Waals surface area contributed by atoms with Crippen LogP contribution in [0.2, 0.25) is 0 Å². The number of carboxylic acid groups (broad SMARTS) is 1. The highest BCUT2D eigenvalue weighted by atomic mass is 32.2. The van der Waals surface area contributed by atoms with E-state index in [0.29, 0.717) is 16.8 Å². The number of thiazole rings is 1. The summed E-state index contributed by atoms with van der Waals surface area (Å²) in [5.41, 5.74) is 0.609. The van der Waals surface area contributed by atoms with Gasteiger partial charge in [-0.1, -0.05) is 24.8 Å². The van der Waals surface area contributed by atoms with E-state index in [9.17, 15) is 25.2 Å². The number of aromatic carboxylic acids is 1. The van der Waals surface area contributed by atoms with Crippen LogP contribution in [0.25, 0.3) is 16.8 Å². The largest absolute Gasteiger partial charge is 0.478 e. The summed E-state index contributed by atoms with van der Waals surface area (Å²) in [4.78, 5) is 27.6. The fraction of sp³-hybridized carbons (Fsp3) is 0.217. The average molecular weight is 465 g/mol. The standard InChI is InChI=1S/C23H20N4O3S2/c1-4-26-9-10-31-19(26)11-18(16-7-5-6-8-17(16)23(29)30)20-21(28)27(14(2)3)22(32-20)15(12-24)13-25/h5-8,11H,2,4,9-10H2,1,3H3,(H,29,30)/b19-11+,20-18-. The third-order valence-electron chi connectivity index (χ3n) is 4.88. The summed E-state index contributed by atoms with van der Waals surface area (Å²) in [6.45, 7) is 9.10. The number of rotatable bonds is 5. The molecule has 2 aromatic rings. The molecule has 0 aliphatic carbocycles. The van der Waals surface area contributed by atoms with Gasteiger partial charge in [0.1, 0.15) is 21.3 Å². The van der Waals surface area contributed by atoms with Crippen molar-refractivity contribution in [2.45, 2.75) is 13.8 Å². The smallest absolute Gasteiger partial charge is 0.336 e. The summed E-state index contributed by atoms with van der Waals surface area (Å²) in [5, 5.41) is 29.5. The molecule has 1 aromatic carbocycles. The Bertz CT molecular complexity index is 1380. The first-order valence-corrected chi connectivity index (χ1v) is 11.5. The van der Waals surface area contributed by atoms with E-state index in [2.05, 4.69) is 11.5 Å². The van der Waals surface area contributed by atoms with E-state index in [1.807, 2.05) is 25.1 Å². The summed E-state index contributed by atoms with van der Waals surface area (Å²) < 4.78 is 1.66. The Balaban J connectivity index is 2.57. The van der Waals surface area contributed by atoms with Crippen molar-refractivity contribution in [2.75, 3.05) is 18.8 Å². The third kappa shape index (κ3) is 4.26. The lowest BCUT2D eigenvalue weighted by Gasteiger charge is -2.17. The highest BCUT2D eigenvalue weighted by molar-refractivity contribution is 8.03. The van der Waals surface area contributed by atoms with E-state index in [1.165, 1.54) is 10.6 Å². The molecule has 0 saturated carbocycles. The maximum atomic E-state index is 13.5. The molecule has 0 unspecified atom stereocenters. The van der Waals surface area contributed by atoms with Crippen molar-refractivity contribution in [1.29, 1.82) is 10.5 Å². The summed E-state index contributed by atoms with van der Waals surface area (Å²) in [5.74, 6) is -0.221. The minimum absolute atomic E-state index is 0.0615. The Morgan fingerprint density at radius 1 is 1.28 bits per heavy atom. The van der Waals surface area contributed by atoms with Crippen molar-refractivity contribution >= 4 is 45.9 Å². The molecule has 9 heteroatoms. The van der Waals surface area contributed by atoms with Gasteiger partial charge in [-0.2, -0.15) is 10.5 Å². The predicted molar refractivity (Wildman–Crippen MR) is 127 cm³/mol. The van der Waals surface area contributed by atoms with Crippen molar-refractivity contribution in [1.82, 2.24) is 9.47 Å². The molecule has 2 heterocycles. The third-order valence-corrected chi connectivity index (χ3v) is 7.12. The molecule has 0 spiro atoms. The second-order valence-corrected chi connectivity index (χ2v) is 9.00. The van der Waals surface area contributed by atoms with E-state index >= 15 is 0 Å². The van der Waals surface area contributed by atoms with Crippen LogP contribution in [0.1, 0.15) is 29.8 Å². The lowest BCUT2D eigenvalue weighted by Crippen LogP contribution is -2.32. The number of hydrogen-bond acceptors (Lipinski definition) is 7. The van der Waals surface area contributed by atoms with Crippen LogP contribution < -0.4 is 14.8 Å². The van der Waals surface area contributed by atoms with Gasteiger partial charge >= 0.3 is 5.97 Å². The summed E-state index contributed by atoms with van der Waals surface area (Å²) in [6.07, 6.45) is 1.83. The zero-order valence-electron chi connectivity index (χ0n) is 17.6. The number of nitriles is 2. The van der Waals surface area contributed by atoms with Crippen LogP contribution in [0.4, 0.5) is 0 Å². The van der Waals surface area contributed by atoms with Gasteiger partial charge in [0.25, 0.3) is 5.56 Å². The maximum absolute atomic E-state index is 13.5. The van der Waals surface area contributed by atoms with Gasteiger partial charge in [0.05, 0.1) is 10.6 Å². The molecular formula is C23H20N4O3S2. The van der Waals surface area contributed by atoms with Gasteiger partial charge in [0.2, 0.25) is 0 Å². The fourth-order valence-electron chi connectivity index (χ4n) is 3.38. The second kappa shape index (κ2) is 9.73. The fourth-order valence-corrected chi connectivity index (χ4v) is 5.68. The van der Waals surface area contributed by atoms with Crippen LogP contribution in [-0.2, 0) is 0 Å². The summed E-state index contributed by atoms with van der Waals surface area (Å²) in [7, 11) is 0. The first kappa shape index (κ1) is 23.1. The Hall–Kier alpha value is -3.53. The molecule has 1 fully saturated rings. The van der Waals surface area contributed by atoms with Gasteiger partial charge in [-0.3, -0.25) is 9.36 Å². The van der Waals surface area contributed by atoms with E-state index in [4.69, 9.17) is 0 Å². The number of thioether (sulfide) groups is 1. The molecule has 0 radical (unpaired) electrons. The van der Waals surface area contributed by atoms with Crippen LogP contribution in [0.3, 0.4) is 0 Å². The molecule has 162 valence electrons. The van der Waals surface area contributed by atoms with E-state index in [-0.39, 0.29) is 20.3 Å². The Kier molecular flexibility index (Phi) is 7.04. The van der Waals surface area contributed by atoms with E-state index < -0.39 is 11.5 Å². The Labute approximate surface area is 193 Å². The molecule has 1 aliphatic heterocycles. The predicted octanol–water partition coefficient (Wildman–Crippen LogP) is 2.41.